The summed E-state index contributed by atoms with van der Waals surface area (Å²) in [4.78, 5) is 26.7. The SMILES string of the molecule is Cc1ccc(N2CCc3c(NC(=O)CCNC(C)(C)C)n[nH]c3C2=O)cc1. The van der Waals surface area contributed by atoms with E-state index < -0.39 is 0 Å². The molecule has 1 aliphatic heterocycles. The Hall–Kier alpha value is -2.67. The molecule has 7 nitrogen and oxygen atoms in total. The molecule has 27 heavy (non-hydrogen) atoms. The number of nitrogens with zero attached hydrogens (tertiary/aromatic N) is 2. The first-order valence-electron chi connectivity index (χ1n) is 9.25. The van der Waals surface area contributed by atoms with Crippen LogP contribution in [0.4, 0.5) is 11.5 Å². The normalized spacial score (nSPS) is 14.2. The quantitative estimate of drug-likeness (QED) is 0.756. The molecule has 0 aliphatic carbocycles. The van der Waals surface area contributed by atoms with E-state index in [9.17, 15) is 9.59 Å². The fraction of sp³-hybridized carbons (Fsp3) is 0.450. The Labute approximate surface area is 159 Å². The maximum atomic E-state index is 12.8. The third-order valence-corrected chi connectivity index (χ3v) is 4.52. The Balaban J connectivity index is 1.66. The van der Waals surface area contributed by atoms with Gasteiger partial charge in [-0.25, -0.2) is 0 Å². The van der Waals surface area contributed by atoms with E-state index in [1.807, 2.05) is 31.2 Å². The van der Waals surface area contributed by atoms with Gasteiger partial charge in [0.15, 0.2) is 5.82 Å². The molecule has 0 radical (unpaired) electrons. The van der Waals surface area contributed by atoms with E-state index in [1.165, 1.54) is 0 Å². The average molecular weight is 369 g/mol. The van der Waals surface area contributed by atoms with Gasteiger partial charge >= 0.3 is 0 Å². The van der Waals surface area contributed by atoms with Gasteiger partial charge in [-0.2, -0.15) is 5.10 Å². The smallest absolute Gasteiger partial charge is 0.276 e. The Morgan fingerprint density at radius 3 is 2.63 bits per heavy atom. The largest absolute Gasteiger partial charge is 0.312 e. The molecule has 7 heteroatoms. The molecular weight excluding hydrogens is 342 g/mol. The second-order valence-electron chi connectivity index (χ2n) is 7.94. The molecule has 1 aromatic carbocycles. The van der Waals surface area contributed by atoms with Crippen molar-refractivity contribution in [2.45, 2.75) is 46.1 Å². The van der Waals surface area contributed by atoms with Crippen molar-refractivity contribution >= 4 is 23.3 Å². The minimum atomic E-state index is -0.123. The number of hydrogen-bond donors (Lipinski definition) is 3. The van der Waals surface area contributed by atoms with Gasteiger partial charge in [-0.3, -0.25) is 14.7 Å². The van der Waals surface area contributed by atoms with Gasteiger partial charge in [0.25, 0.3) is 5.91 Å². The number of benzene rings is 1. The van der Waals surface area contributed by atoms with Crippen LogP contribution in [0.2, 0.25) is 0 Å². The van der Waals surface area contributed by atoms with Crippen LogP contribution in [0.25, 0.3) is 0 Å². The standard InChI is InChI=1S/C20H27N5O2/c1-13-5-7-14(8-6-13)25-12-10-15-17(19(25)27)23-24-18(15)22-16(26)9-11-21-20(2,3)4/h5-8,21H,9-12H2,1-4H3,(H2,22,23,24,26). The lowest BCUT2D eigenvalue weighted by molar-refractivity contribution is -0.116. The van der Waals surface area contributed by atoms with Crippen molar-refractivity contribution in [1.82, 2.24) is 15.5 Å². The molecule has 1 aromatic heterocycles. The first kappa shape index (κ1) is 19.1. The van der Waals surface area contributed by atoms with E-state index in [0.29, 0.717) is 37.4 Å². The summed E-state index contributed by atoms with van der Waals surface area (Å²) in [5.74, 6) is 0.222. The molecule has 2 aromatic rings. The minimum Gasteiger partial charge on any atom is -0.312 e. The highest BCUT2D eigenvalue weighted by Gasteiger charge is 2.30. The van der Waals surface area contributed by atoms with Crippen molar-refractivity contribution < 1.29 is 9.59 Å². The number of rotatable bonds is 5. The summed E-state index contributed by atoms with van der Waals surface area (Å²) >= 11 is 0. The molecular formula is C20H27N5O2. The molecule has 2 amide bonds. The lowest BCUT2D eigenvalue weighted by atomic mass is 10.0. The first-order valence-corrected chi connectivity index (χ1v) is 9.25. The van der Waals surface area contributed by atoms with Gasteiger partial charge in [-0.15, -0.1) is 0 Å². The molecule has 2 heterocycles. The fourth-order valence-electron chi connectivity index (χ4n) is 3.07. The van der Waals surface area contributed by atoms with Crippen molar-refractivity contribution in [2.24, 2.45) is 0 Å². The molecule has 0 atom stereocenters. The first-order chi connectivity index (χ1) is 12.7. The second kappa shape index (κ2) is 7.52. The lowest BCUT2D eigenvalue weighted by Gasteiger charge is -2.26. The number of carbonyl (C=O) groups excluding carboxylic acids is 2. The zero-order valence-electron chi connectivity index (χ0n) is 16.3. The number of aromatic nitrogens is 2. The van der Waals surface area contributed by atoms with Gasteiger partial charge in [0.05, 0.1) is 0 Å². The van der Waals surface area contributed by atoms with Crippen LogP contribution in [0.15, 0.2) is 24.3 Å². The topological polar surface area (TPSA) is 90.1 Å². The van der Waals surface area contributed by atoms with Crippen molar-refractivity contribution in [3.8, 4) is 0 Å². The number of anilines is 2. The highest BCUT2D eigenvalue weighted by atomic mass is 16.2. The summed E-state index contributed by atoms with van der Waals surface area (Å²) in [6.45, 7) is 9.33. The number of carbonyl (C=O) groups is 2. The van der Waals surface area contributed by atoms with Crippen LogP contribution in [-0.4, -0.2) is 40.6 Å². The Morgan fingerprint density at radius 2 is 1.96 bits per heavy atom. The minimum absolute atomic E-state index is 0.0301. The van der Waals surface area contributed by atoms with Gasteiger partial charge in [0.2, 0.25) is 5.91 Å². The van der Waals surface area contributed by atoms with Crippen molar-refractivity contribution in [1.29, 1.82) is 0 Å². The Kier molecular flexibility index (Phi) is 5.32. The molecule has 0 spiro atoms. The number of fused-ring (bicyclic) bond motifs is 1. The number of nitrogens with one attached hydrogen (secondary N) is 3. The zero-order chi connectivity index (χ0) is 19.6. The van der Waals surface area contributed by atoms with Crippen LogP contribution in [0, 0.1) is 6.92 Å². The predicted octanol–water partition coefficient (Wildman–Crippen LogP) is 2.64. The van der Waals surface area contributed by atoms with E-state index in [-0.39, 0.29) is 17.4 Å². The lowest BCUT2D eigenvalue weighted by Crippen LogP contribution is -2.38. The average Bonchev–Trinajstić information content (AvgIpc) is 2.99. The third-order valence-electron chi connectivity index (χ3n) is 4.52. The molecule has 3 rings (SSSR count). The van der Waals surface area contributed by atoms with Gasteiger partial charge in [0, 0.05) is 36.3 Å². The Morgan fingerprint density at radius 1 is 1.26 bits per heavy atom. The van der Waals surface area contributed by atoms with Crippen molar-refractivity contribution in [2.75, 3.05) is 23.3 Å². The molecule has 0 saturated heterocycles. The molecule has 144 valence electrons. The number of aromatic amines is 1. The monoisotopic (exact) mass is 369 g/mol. The number of amides is 2. The van der Waals surface area contributed by atoms with E-state index in [4.69, 9.17) is 0 Å². The van der Waals surface area contributed by atoms with Gasteiger partial charge < -0.3 is 15.5 Å². The van der Waals surface area contributed by atoms with Crippen LogP contribution >= 0.6 is 0 Å². The van der Waals surface area contributed by atoms with E-state index in [0.717, 1.165) is 16.8 Å². The van der Waals surface area contributed by atoms with E-state index >= 15 is 0 Å². The van der Waals surface area contributed by atoms with Crippen LogP contribution < -0.4 is 15.5 Å². The summed E-state index contributed by atoms with van der Waals surface area (Å²) in [5.41, 5.74) is 3.21. The molecule has 3 N–H and O–H groups in total. The molecule has 0 saturated carbocycles. The van der Waals surface area contributed by atoms with Crippen molar-refractivity contribution in [3.05, 3.63) is 41.1 Å². The van der Waals surface area contributed by atoms with Gasteiger partial charge in [-0.1, -0.05) is 17.7 Å². The van der Waals surface area contributed by atoms with Gasteiger partial charge in [-0.05, 0) is 46.2 Å². The third kappa shape index (κ3) is 4.54. The summed E-state index contributed by atoms with van der Waals surface area (Å²) in [7, 11) is 0. The maximum Gasteiger partial charge on any atom is 0.276 e. The number of hydrogen-bond acceptors (Lipinski definition) is 4. The van der Waals surface area contributed by atoms with Crippen LogP contribution in [0.5, 0.6) is 0 Å². The van der Waals surface area contributed by atoms with Crippen molar-refractivity contribution in [3.63, 3.8) is 0 Å². The van der Waals surface area contributed by atoms with Crippen LogP contribution in [0.3, 0.4) is 0 Å². The maximum absolute atomic E-state index is 12.8. The molecule has 1 aliphatic rings. The number of H-pyrrole nitrogens is 1. The van der Waals surface area contributed by atoms with E-state index in [2.05, 4.69) is 41.6 Å². The predicted molar refractivity (Wildman–Crippen MR) is 106 cm³/mol. The second-order valence-corrected chi connectivity index (χ2v) is 7.94. The highest BCUT2D eigenvalue weighted by molar-refractivity contribution is 6.08. The van der Waals surface area contributed by atoms with Crippen LogP contribution in [0.1, 0.15) is 48.8 Å². The van der Waals surface area contributed by atoms with Gasteiger partial charge in [0.1, 0.15) is 5.69 Å². The van der Waals surface area contributed by atoms with Crippen LogP contribution in [-0.2, 0) is 11.2 Å². The molecule has 0 fully saturated rings. The Bertz CT molecular complexity index is 833. The summed E-state index contributed by atoms with van der Waals surface area (Å²) in [6.07, 6.45) is 0.990. The summed E-state index contributed by atoms with van der Waals surface area (Å²) in [5, 5.41) is 13.1. The molecule has 0 unspecified atom stereocenters. The van der Waals surface area contributed by atoms with E-state index in [1.54, 1.807) is 4.90 Å². The summed E-state index contributed by atoms with van der Waals surface area (Å²) < 4.78 is 0. The molecule has 0 bridgehead atoms. The number of aryl methyl sites for hydroxylation is 1. The summed E-state index contributed by atoms with van der Waals surface area (Å²) in [6, 6.07) is 7.86. The zero-order valence-corrected chi connectivity index (χ0v) is 16.3. The highest BCUT2D eigenvalue weighted by Crippen LogP contribution is 2.27. The fourth-order valence-corrected chi connectivity index (χ4v) is 3.07.